The van der Waals surface area contributed by atoms with E-state index in [4.69, 9.17) is 4.98 Å². The molecule has 3 heteroatoms. The van der Waals surface area contributed by atoms with Gasteiger partial charge in [0, 0.05) is 29.3 Å². The summed E-state index contributed by atoms with van der Waals surface area (Å²) in [5.41, 5.74) is 5.13. The first kappa shape index (κ1) is 12.7. The van der Waals surface area contributed by atoms with Crippen molar-refractivity contribution < 1.29 is 0 Å². The minimum atomic E-state index is 0.951. The van der Waals surface area contributed by atoms with E-state index in [1.807, 2.05) is 59.1 Å². The van der Waals surface area contributed by atoms with Gasteiger partial charge in [0.15, 0.2) is 0 Å². The highest BCUT2D eigenvalue weighted by Gasteiger charge is 2.08. The summed E-state index contributed by atoms with van der Waals surface area (Å²) in [6.45, 7) is 0. The Bertz CT molecular complexity index is 877. The first-order chi connectivity index (χ1) is 10.9. The molecule has 0 atom stereocenters. The highest BCUT2D eigenvalue weighted by Crippen LogP contribution is 2.29. The average molecular weight is 285 g/mol. The molecule has 2 heterocycles. The zero-order valence-electron chi connectivity index (χ0n) is 12.0. The van der Waals surface area contributed by atoms with Gasteiger partial charge >= 0.3 is 0 Å². The third kappa shape index (κ3) is 2.33. The summed E-state index contributed by atoms with van der Waals surface area (Å²) in [6.07, 6.45) is 4.07. The van der Waals surface area contributed by atoms with Gasteiger partial charge in [-0.15, -0.1) is 0 Å². The molecule has 1 N–H and O–H groups in total. The Morgan fingerprint density at radius 1 is 0.773 bits per heavy atom. The number of aromatic nitrogens is 2. The lowest BCUT2D eigenvalue weighted by Crippen LogP contribution is -1.92. The molecule has 4 aromatic rings. The van der Waals surface area contributed by atoms with Gasteiger partial charge < -0.3 is 9.72 Å². The van der Waals surface area contributed by atoms with Crippen LogP contribution in [0.15, 0.2) is 85.2 Å². The predicted octanol–water partition coefficient (Wildman–Crippen LogP) is 4.74. The summed E-state index contributed by atoms with van der Waals surface area (Å²) in [4.78, 5) is 4.71. The van der Waals surface area contributed by atoms with Crippen LogP contribution in [-0.4, -0.2) is 9.38 Å². The van der Waals surface area contributed by atoms with Gasteiger partial charge in [-0.3, -0.25) is 0 Å². The van der Waals surface area contributed by atoms with Gasteiger partial charge in [0.25, 0.3) is 0 Å². The number of para-hydroxylation sites is 2. The largest absolute Gasteiger partial charge is 0.355 e. The summed E-state index contributed by atoms with van der Waals surface area (Å²) in [7, 11) is 0. The van der Waals surface area contributed by atoms with Crippen LogP contribution in [0.3, 0.4) is 0 Å². The fourth-order valence-electron chi connectivity index (χ4n) is 2.56. The molecule has 0 aliphatic heterocycles. The molecule has 106 valence electrons. The van der Waals surface area contributed by atoms with Crippen LogP contribution < -0.4 is 5.32 Å². The monoisotopic (exact) mass is 285 g/mol. The van der Waals surface area contributed by atoms with Gasteiger partial charge in [0.05, 0.1) is 5.69 Å². The summed E-state index contributed by atoms with van der Waals surface area (Å²) < 4.78 is 2.04. The Labute approximate surface area is 128 Å². The van der Waals surface area contributed by atoms with Gasteiger partial charge in [0.1, 0.15) is 5.65 Å². The van der Waals surface area contributed by atoms with E-state index >= 15 is 0 Å². The number of imidazole rings is 1. The van der Waals surface area contributed by atoms with Crippen LogP contribution >= 0.6 is 0 Å². The number of pyridine rings is 1. The Kier molecular flexibility index (Phi) is 3.09. The minimum absolute atomic E-state index is 0.951. The second-order valence-electron chi connectivity index (χ2n) is 5.13. The van der Waals surface area contributed by atoms with Crippen LogP contribution in [0, 0.1) is 0 Å². The molecule has 2 aromatic carbocycles. The molecule has 0 radical (unpaired) electrons. The van der Waals surface area contributed by atoms with E-state index in [1.165, 1.54) is 0 Å². The third-order valence-corrected chi connectivity index (χ3v) is 3.62. The number of rotatable bonds is 3. The molecule has 0 fully saturated rings. The van der Waals surface area contributed by atoms with Crippen molar-refractivity contribution in [2.24, 2.45) is 0 Å². The third-order valence-electron chi connectivity index (χ3n) is 3.62. The number of nitrogens with one attached hydrogen (secondary N) is 1. The molecule has 22 heavy (non-hydrogen) atoms. The van der Waals surface area contributed by atoms with Crippen LogP contribution in [0.2, 0.25) is 0 Å². The first-order valence-electron chi connectivity index (χ1n) is 7.25. The van der Waals surface area contributed by atoms with E-state index in [0.717, 1.165) is 28.3 Å². The van der Waals surface area contributed by atoms with Crippen molar-refractivity contribution in [2.45, 2.75) is 0 Å². The zero-order chi connectivity index (χ0) is 14.8. The van der Waals surface area contributed by atoms with Gasteiger partial charge in [-0.2, -0.15) is 0 Å². The van der Waals surface area contributed by atoms with Crippen molar-refractivity contribution in [1.29, 1.82) is 0 Å². The van der Waals surface area contributed by atoms with E-state index < -0.39 is 0 Å². The minimum Gasteiger partial charge on any atom is -0.355 e. The van der Waals surface area contributed by atoms with Crippen molar-refractivity contribution >= 4 is 17.0 Å². The van der Waals surface area contributed by atoms with Crippen LogP contribution in [0.5, 0.6) is 0 Å². The number of anilines is 2. The van der Waals surface area contributed by atoms with Gasteiger partial charge in [-0.25, -0.2) is 4.98 Å². The predicted molar refractivity (Wildman–Crippen MR) is 90.4 cm³/mol. The maximum atomic E-state index is 4.71. The molecule has 2 aromatic heterocycles. The lowest BCUT2D eigenvalue weighted by Gasteiger charge is -2.10. The Hall–Kier alpha value is -3.07. The highest BCUT2D eigenvalue weighted by molar-refractivity contribution is 5.79. The standard InChI is InChI=1S/C19H15N3/c1-2-8-15(9-3-1)20-17-11-5-4-10-16(17)18-14-22-13-7-6-12-19(22)21-18/h1-14,20H. The van der Waals surface area contributed by atoms with E-state index in [1.54, 1.807) is 0 Å². The van der Waals surface area contributed by atoms with Gasteiger partial charge in [-0.05, 0) is 30.3 Å². The normalized spacial score (nSPS) is 10.7. The fraction of sp³-hybridized carbons (Fsp3) is 0. The van der Waals surface area contributed by atoms with Crippen molar-refractivity contribution in [2.75, 3.05) is 5.32 Å². The molecule has 0 unspecified atom stereocenters. The van der Waals surface area contributed by atoms with Gasteiger partial charge in [0.2, 0.25) is 0 Å². The number of benzene rings is 2. The van der Waals surface area contributed by atoms with Crippen LogP contribution in [-0.2, 0) is 0 Å². The average Bonchev–Trinajstić information content (AvgIpc) is 3.00. The SMILES string of the molecule is c1ccc(Nc2ccccc2-c2cn3ccccc3n2)cc1. The van der Waals surface area contributed by atoms with Crippen LogP contribution in [0.25, 0.3) is 16.9 Å². The summed E-state index contributed by atoms with van der Waals surface area (Å²) in [6, 6.07) is 24.4. The fourth-order valence-corrected chi connectivity index (χ4v) is 2.56. The quantitative estimate of drug-likeness (QED) is 0.589. The van der Waals surface area contributed by atoms with Crippen molar-refractivity contribution in [3.63, 3.8) is 0 Å². The lowest BCUT2D eigenvalue weighted by atomic mass is 10.1. The number of fused-ring (bicyclic) bond motifs is 1. The number of hydrogen-bond acceptors (Lipinski definition) is 2. The summed E-state index contributed by atoms with van der Waals surface area (Å²) in [5, 5.41) is 3.47. The Morgan fingerprint density at radius 3 is 2.41 bits per heavy atom. The molecule has 0 aliphatic carbocycles. The Balaban J connectivity index is 1.78. The molecule has 0 aliphatic rings. The smallest absolute Gasteiger partial charge is 0.137 e. The molecule has 3 nitrogen and oxygen atoms in total. The molecule has 0 spiro atoms. The maximum absolute atomic E-state index is 4.71. The number of hydrogen-bond donors (Lipinski definition) is 1. The van der Waals surface area contributed by atoms with E-state index in [2.05, 4.69) is 35.8 Å². The zero-order valence-corrected chi connectivity index (χ0v) is 12.0. The number of nitrogens with zero attached hydrogens (tertiary/aromatic N) is 2. The van der Waals surface area contributed by atoms with Crippen LogP contribution in [0.4, 0.5) is 11.4 Å². The van der Waals surface area contributed by atoms with Crippen molar-refractivity contribution in [1.82, 2.24) is 9.38 Å². The summed E-state index contributed by atoms with van der Waals surface area (Å²) >= 11 is 0. The molecular formula is C19H15N3. The summed E-state index contributed by atoms with van der Waals surface area (Å²) in [5.74, 6) is 0. The molecule has 0 saturated heterocycles. The van der Waals surface area contributed by atoms with Crippen LogP contribution in [0.1, 0.15) is 0 Å². The molecule has 0 amide bonds. The maximum Gasteiger partial charge on any atom is 0.137 e. The lowest BCUT2D eigenvalue weighted by molar-refractivity contribution is 1.19. The van der Waals surface area contributed by atoms with E-state index in [0.29, 0.717) is 0 Å². The van der Waals surface area contributed by atoms with Gasteiger partial charge in [-0.1, -0.05) is 42.5 Å². The van der Waals surface area contributed by atoms with E-state index in [-0.39, 0.29) is 0 Å². The Morgan fingerprint density at radius 2 is 1.55 bits per heavy atom. The second-order valence-corrected chi connectivity index (χ2v) is 5.13. The van der Waals surface area contributed by atoms with Crippen molar-refractivity contribution in [3.8, 4) is 11.3 Å². The van der Waals surface area contributed by atoms with Crippen molar-refractivity contribution in [3.05, 3.63) is 85.2 Å². The molecule has 0 bridgehead atoms. The molecular weight excluding hydrogens is 270 g/mol. The molecule has 0 saturated carbocycles. The first-order valence-corrected chi connectivity index (χ1v) is 7.25. The molecule has 4 rings (SSSR count). The second kappa shape index (κ2) is 5.37. The highest BCUT2D eigenvalue weighted by atomic mass is 15.0. The topological polar surface area (TPSA) is 29.3 Å². The van der Waals surface area contributed by atoms with E-state index in [9.17, 15) is 0 Å².